The number of carboxylic acids is 1. The summed E-state index contributed by atoms with van der Waals surface area (Å²) in [6.45, 7) is 4.95. The fourth-order valence-corrected chi connectivity index (χ4v) is 2.96. The number of aliphatic carboxylic acids is 1. The van der Waals surface area contributed by atoms with Crippen molar-refractivity contribution in [2.24, 2.45) is 5.92 Å². The summed E-state index contributed by atoms with van der Waals surface area (Å²) in [5.74, 6) is -1.06. The van der Waals surface area contributed by atoms with Crippen LogP contribution in [0.25, 0.3) is 0 Å². The number of carboxylic acid groups (broad SMARTS) is 1. The second-order valence-electron chi connectivity index (χ2n) is 6.66. The van der Waals surface area contributed by atoms with E-state index >= 15 is 0 Å². The Labute approximate surface area is 125 Å². The first-order chi connectivity index (χ1) is 9.88. The SMILES string of the molecule is CC(C)(CNC1CCC(C(=O)O)CC1)c1cccc(F)c1. The fourth-order valence-electron chi connectivity index (χ4n) is 2.96. The van der Waals surface area contributed by atoms with E-state index in [1.54, 1.807) is 12.1 Å². The van der Waals surface area contributed by atoms with E-state index in [-0.39, 0.29) is 17.2 Å². The molecule has 0 aliphatic heterocycles. The van der Waals surface area contributed by atoms with Crippen molar-refractivity contribution >= 4 is 5.97 Å². The van der Waals surface area contributed by atoms with Crippen LogP contribution in [0, 0.1) is 11.7 Å². The molecule has 0 heterocycles. The summed E-state index contributed by atoms with van der Waals surface area (Å²) in [7, 11) is 0. The van der Waals surface area contributed by atoms with E-state index in [4.69, 9.17) is 5.11 Å². The highest BCUT2D eigenvalue weighted by Crippen LogP contribution is 2.27. The van der Waals surface area contributed by atoms with Crippen molar-refractivity contribution in [3.8, 4) is 0 Å². The van der Waals surface area contributed by atoms with Gasteiger partial charge in [0.15, 0.2) is 0 Å². The number of hydrogen-bond acceptors (Lipinski definition) is 2. The van der Waals surface area contributed by atoms with Crippen molar-refractivity contribution in [3.63, 3.8) is 0 Å². The van der Waals surface area contributed by atoms with Crippen LogP contribution < -0.4 is 5.32 Å². The third-order valence-corrected chi connectivity index (χ3v) is 4.52. The van der Waals surface area contributed by atoms with Gasteiger partial charge in [0.25, 0.3) is 0 Å². The van der Waals surface area contributed by atoms with Crippen LogP contribution in [0.4, 0.5) is 4.39 Å². The summed E-state index contributed by atoms with van der Waals surface area (Å²) in [4.78, 5) is 10.9. The second kappa shape index (κ2) is 6.56. The molecule has 21 heavy (non-hydrogen) atoms. The van der Waals surface area contributed by atoms with Crippen LogP contribution in [0.15, 0.2) is 24.3 Å². The highest BCUT2D eigenvalue weighted by Gasteiger charge is 2.27. The van der Waals surface area contributed by atoms with Gasteiger partial charge in [0.05, 0.1) is 5.92 Å². The summed E-state index contributed by atoms with van der Waals surface area (Å²) >= 11 is 0. The maximum Gasteiger partial charge on any atom is 0.306 e. The first kappa shape index (κ1) is 16.0. The molecule has 0 atom stereocenters. The predicted molar refractivity (Wildman–Crippen MR) is 80.8 cm³/mol. The molecule has 1 aliphatic carbocycles. The maximum absolute atomic E-state index is 13.3. The van der Waals surface area contributed by atoms with E-state index in [1.165, 1.54) is 6.07 Å². The van der Waals surface area contributed by atoms with E-state index in [0.717, 1.165) is 37.8 Å². The van der Waals surface area contributed by atoms with Gasteiger partial charge in [-0.3, -0.25) is 4.79 Å². The van der Waals surface area contributed by atoms with Gasteiger partial charge < -0.3 is 10.4 Å². The largest absolute Gasteiger partial charge is 0.481 e. The molecule has 2 N–H and O–H groups in total. The lowest BCUT2D eigenvalue weighted by atomic mass is 9.82. The quantitative estimate of drug-likeness (QED) is 0.875. The average Bonchev–Trinajstić information content (AvgIpc) is 2.45. The van der Waals surface area contributed by atoms with Gasteiger partial charge in [0, 0.05) is 18.0 Å². The predicted octanol–water partition coefficient (Wildman–Crippen LogP) is 3.34. The molecule has 1 aliphatic rings. The Kier molecular flexibility index (Phi) is 4.99. The van der Waals surface area contributed by atoms with Crippen LogP contribution in [0.1, 0.15) is 45.1 Å². The molecule has 0 unspecified atom stereocenters. The Balaban J connectivity index is 1.86. The van der Waals surface area contributed by atoms with E-state index in [2.05, 4.69) is 19.2 Å². The number of hydrogen-bond donors (Lipinski definition) is 2. The lowest BCUT2D eigenvalue weighted by Crippen LogP contribution is -2.41. The van der Waals surface area contributed by atoms with Crippen molar-refractivity contribution in [3.05, 3.63) is 35.6 Å². The third-order valence-electron chi connectivity index (χ3n) is 4.52. The summed E-state index contributed by atoms with van der Waals surface area (Å²) < 4.78 is 13.3. The van der Waals surface area contributed by atoms with Crippen molar-refractivity contribution in [2.75, 3.05) is 6.54 Å². The zero-order chi connectivity index (χ0) is 15.5. The van der Waals surface area contributed by atoms with Crippen molar-refractivity contribution in [1.82, 2.24) is 5.32 Å². The van der Waals surface area contributed by atoms with Gasteiger partial charge in [-0.1, -0.05) is 26.0 Å². The normalized spacial score (nSPS) is 23.0. The van der Waals surface area contributed by atoms with Crippen LogP contribution in [0.3, 0.4) is 0 Å². The molecule has 1 aromatic rings. The van der Waals surface area contributed by atoms with E-state index in [9.17, 15) is 9.18 Å². The first-order valence-corrected chi connectivity index (χ1v) is 7.61. The zero-order valence-corrected chi connectivity index (χ0v) is 12.7. The molecule has 0 aromatic heterocycles. The molecule has 1 fully saturated rings. The van der Waals surface area contributed by atoms with E-state index in [1.807, 2.05) is 6.07 Å². The highest BCUT2D eigenvalue weighted by molar-refractivity contribution is 5.70. The molecule has 2 rings (SSSR count). The lowest BCUT2D eigenvalue weighted by molar-refractivity contribution is -0.142. The second-order valence-corrected chi connectivity index (χ2v) is 6.66. The minimum atomic E-state index is -0.673. The molecule has 0 amide bonds. The Morgan fingerprint density at radius 1 is 1.33 bits per heavy atom. The number of carbonyl (C=O) groups is 1. The molecule has 0 spiro atoms. The van der Waals surface area contributed by atoms with Gasteiger partial charge in [-0.15, -0.1) is 0 Å². The van der Waals surface area contributed by atoms with Crippen LogP contribution in [0.2, 0.25) is 0 Å². The molecule has 0 radical (unpaired) electrons. The Morgan fingerprint density at radius 2 is 2.00 bits per heavy atom. The number of rotatable bonds is 5. The highest BCUT2D eigenvalue weighted by atomic mass is 19.1. The molecule has 0 bridgehead atoms. The lowest BCUT2D eigenvalue weighted by Gasteiger charge is -2.32. The summed E-state index contributed by atoms with van der Waals surface area (Å²) in [6.07, 6.45) is 3.28. The minimum Gasteiger partial charge on any atom is -0.481 e. The van der Waals surface area contributed by atoms with Gasteiger partial charge in [-0.25, -0.2) is 4.39 Å². The molecular formula is C17H24FNO2. The van der Waals surface area contributed by atoms with Crippen LogP contribution in [-0.2, 0) is 10.2 Å². The molecule has 1 saturated carbocycles. The smallest absolute Gasteiger partial charge is 0.306 e. The van der Waals surface area contributed by atoms with Gasteiger partial charge in [0.2, 0.25) is 0 Å². The van der Waals surface area contributed by atoms with Crippen LogP contribution >= 0.6 is 0 Å². The van der Waals surface area contributed by atoms with Crippen LogP contribution in [0.5, 0.6) is 0 Å². The summed E-state index contributed by atoms with van der Waals surface area (Å²) in [5, 5.41) is 12.5. The standard InChI is InChI=1S/C17H24FNO2/c1-17(2,13-4-3-5-14(18)10-13)11-19-15-8-6-12(7-9-15)16(20)21/h3-5,10,12,15,19H,6-9,11H2,1-2H3,(H,20,21). The fraction of sp³-hybridized carbons (Fsp3) is 0.588. The average molecular weight is 293 g/mol. The van der Waals surface area contributed by atoms with Gasteiger partial charge in [-0.05, 0) is 43.4 Å². The van der Waals surface area contributed by atoms with Crippen LogP contribution in [-0.4, -0.2) is 23.7 Å². The Hall–Kier alpha value is -1.42. The number of halogens is 1. The molecule has 4 heteroatoms. The monoisotopic (exact) mass is 293 g/mol. The summed E-state index contributed by atoms with van der Waals surface area (Å²) in [6, 6.07) is 7.10. The van der Waals surface area contributed by atoms with E-state index < -0.39 is 5.97 Å². The van der Waals surface area contributed by atoms with Gasteiger partial charge in [0.1, 0.15) is 5.82 Å². The zero-order valence-electron chi connectivity index (χ0n) is 12.7. The first-order valence-electron chi connectivity index (χ1n) is 7.61. The van der Waals surface area contributed by atoms with Gasteiger partial charge >= 0.3 is 5.97 Å². The Bertz CT molecular complexity index is 493. The minimum absolute atomic E-state index is 0.147. The molecule has 0 saturated heterocycles. The maximum atomic E-state index is 13.3. The summed E-state index contributed by atoms with van der Waals surface area (Å²) in [5.41, 5.74) is 0.834. The van der Waals surface area contributed by atoms with Gasteiger partial charge in [-0.2, -0.15) is 0 Å². The Morgan fingerprint density at radius 3 is 2.57 bits per heavy atom. The van der Waals surface area contributed by atoms with E-state index in [0.29, 0.717) is 6.04 Å². The number of nitrogens with one attached hydrogen (secondary N) is 1. The van der Waals surface area contributed by atoms with Crippen molar-refractivity contribution in [1.29, 1.82) is 0 Å². The number of benzene rings is 1. The topological polar surface area (TPSA) is 49.3 Å². The molecular weight excluding hydrogens is 269 g/mol. The third kappa shape index (κ3) is 4.27. The van der Waals surface area contributed by atoms with Crippen molar-refractivity contribution < 1.29 is 14.3 Å². The van der Waals surface area contributed by atoms with Crippen molar-refractivity contribution in [2.45, 2.75) is 51.0 Å². The molecule has 1 aromatic carbocycles. The molecule has 116 valence electrons. The molecule has 3 nitrogen and oxygen atoms in total.